The lowest BCUT2D eigenvalue weighted by molar-refractivity contribution is 0.669. The molecule has 0 saturated carbocycles. The van der Waals surface area contributed by atoms with Crippen LogP contribution in [0, 0.1) is 5.41 Å². The Morgan fingerprint density at radius 3 is 2.52 bits per heavy atom. The van der Waals surface area contributed by atoms with Crippen molar-refractivity contribution in [2.45, 2.75) is 0 Å². The van der Waals surface area contributed by atoms with Crippen molar-refractivity contribution in [1.29, 1.82) is 5.41 Å². The topological polar surface area (TPSA) is 75.4 Å². The van der Waals surface area contributed by atoms with E-state index >= 15 is 0 Å². The summed E-state index contributed by atoms with van der Waals surface area (Å²) in [6, 6.07) is 25.1. The van der Waals surface area contributed by atoms with Gasteiger partial charge >= 0.3 is 0 Å². The minimum absolute atomic E-state index is 0.0591. The molecule has 29 heavy (non-hydrogen) atoms. The molecule has 5 heteroatoms. The first-order chi connectivity index (χ1) is 14.1. The fourth-order valence-corrected chi connectivity index (χ4v) is 3.78. The highest BCUT2D eigenvalue weighted by atomic mass is 35.5. The summed E-state index contributed by atoms with van der Waals surface area (Å²) in [6.45, 7) is 0. The third-order valence-electron chi connectivity index (χ3n) is 5.01. The molecule has 3 N–H and O–H groups in total. The van der Waals surface area contributed by atoms with Crippen LogP contribution in [-0.4, -0.2) is 11.7 Å². The highest BCUT2D eigenvalue weighted by Crippen LogP contribution is 2.36. The first kappa shape index (κ1) is 17.5. The molecule has 0 fully saturated rings. The molecule has 0 aliphatic rings. The first-order valence-corrected chi connectivity index (χ1v) is 9.51. The molecular formula is C24H16ClN3O. The Morgan fingerprint density at radius 1 is 0.897 bits per heavy atom. The molecule has 0 aliphatic heterocycles. The Hall–Kier alpha value is -3.63. The summed E-state index contributed by atoms with van der Waals surface area (Å²) in [7, 11) is 0. The number of furan rings is 1. The summed E-state index contributed by atoms with van der Waals surface area (Å²) >= 11 is 6.34. The molecule has 1 aromatic heterocycles. The van der Waals surface area contributed by atoms with Gasteiger partial charge in [0.25, 0.3) is 0 Å². The van der Waals surface area contributed by atoms with Crippen LogP contribution in [-0.2, 0) is 0 Å². The third-order valence-corrected chi connectivity index (χ3v) is 5.31. The maximum Gasteiger partial charge on any atom is 0.154 e. The lowest BCUT2D eigenvalue weighted by atomic mass is 10.0. The van der Waals surface area contributed by atoms with Gasteiger partial charge in [-0.15, -0.1) is 0 Å². The summed E-state index contributed by atoms with van der Waals surface area (Å²) in [6.07, 6.45) is 0. The average Bonchev–Trinajstić information content (AvgIpc) is 3.14. The highest BCUT2D eigenvalue weighted by Gasteiger charge is 2.16. The molecule has 1 heterocycles. The molecule has 0 atom stereocenters. The number of nitrogens with two attached hydrogens (primary N) is 1. The molecule has 0 saturated heterocycles. The Balaban J connectivity index is 1.63. The van der Waals surface area contributed by atoms with Gasteiger partial charge in [0, 0.05) is 21.9 Å². The smallest absolute Gasteiger partial charge is 0.154 e. The number of hydrogen-bond donors (Lipinski definition) is 2. The number of rotatable bonds is 2. The van der Waals surface area contributed by atoms with E-state index in [-0.39, 0.29) is 11.7 Å². The second kappa shape index (κ2) is 6.76. The number of benzene rings is 4. The molecule has 140 valence electrons. The number of halogens is 1. The summed E-state index contributed by atoms with van der Waals surface area (Å²) in [4.78, 5) is 4.38. The van der Waals surface area contributed by atoms with Crippen molar-refractivity contribution in [3.63, 3.8) is 0 Å². The predicted molar refractivity (Wildman–Crippen MR) is 120 cm³/mol. The van der Waals surface area contributed by atoms with Crippen LogP contribution < -0.4 is 5.73 Å². The number of nitrogens with zero attached hydrogens (tertiary/aromatic N) is 1. The van der Waals surface area contributed by atoms with E-state index in [9.17, 15) is 0 Å². The van der Waals surface area contributed by atoms with Crippen LogP contribution in [0.4, 0.5) is 0 Å². The van der Waals surface area contributed by atoms with Crippen LogP contribution in [0.2, 0.25) is 5.02 Å². The van der Waals surface area contributed by atoms with Gasteiger partial charge in [0.05, 0.1) is 5.02 Å². The molecule has 5 rings (SSSR count). The molecule has 0 amide bonds. The fraction of sp³-hybridized carbons (Fsp3) is 0. The maximum absolute atomic E-state index is 8.59. The molecule has 0 spiro atoms. The number of fused-ring (bicyclic) bond motifs is 4. The zero-order valence-electron chi connectivity index (χ0n) is 15.3. The Bertz CT molecular complexity index is 1450. The lowest BCUT2D eigenvalue weighted by Crippen LogP contribution is -2.16. The fourth-order valence-electron chi connectivity index (χ4n) is 3.59. The highest BCUT2D eigenvalue weighted by molar-refractivity contribution is 6.37. The van der Waals surface area contributed by atoms with Crippen molar-refractivity contribution < 1.29 is 4.42 Å². The molecule has 4 aromatic carbocycles. The van der Waals surface area contributed by atoms with E-state index < -0.39 is 0 Å². The monoisotopic (exact) mass is 397 g/mol. The summed E-state index contributed by atoms with van der Waals surface area (Å²) in [5, 5.41) is 13.0. The molecule has 5 aromatic rings. The van der Waals surface area contributed by atoms with Crippen LogP contribution in [0.15, 0.2) is 88.3 Å². The van der Waals surface area contributed by atoms with Crippen LogP contribution in [0.1, 0.15) is 11.1 Å². The van der Waals surface area contributed by atoms with Crippen molar-refractivity contribution in [3.8, 4) is 0 Å². The van der Waals surface area contributed by atoms with Gasteiger partial charge in [0.15, 0.2) is 11.4 Å². The van der Waals surface area contributed by atoms with Crippen molar-refractivity contribution >= 4 is 56.0 Å². The van der Waals surface area contributed by atoms with Gasteiger partial charge in [0.1, 0.15) is 11.4 Å². The normalized spacial score (nSPS) is 12.1. The van der Waals surface area contributed by atoms with Crippen molar-refractivity contribution in [2.24, 2.45) is 10.7 Å². The van der Waals surface area contributed by atoms with Crippen molar-refractivity contribution in [2.75, 3.05) is 0 Å². The van der Waals surface area contributed by atoms with E-state index in [1.54, 1.807) is 12.1 Å². The molecule has 0 unspecified atom stereocenters. The SMILES string of the molecule is N=C(N=C(N)c1ccc2ccccc2c1)c1ccc(Cl)c2oc3ccccc3c12. The van der Waals surface area contributed by atoms with Gasteiger partial charge in [0.2, 0.25) is 0 Å². The van der Waals surface area contributed by atoms with E-state index in [1.165, 1.54) is 0 Å². The van der Waals surface area contributed by atoms with Gasteiger partial charge in [-0.3, -0.25) is 5.41 Å². The van der Waals surface area contributed by atoms with Crippen LogP contribution in [0.3, 0.4) is 0 Å². The van der Waals surface area contributed by atoms with Gasteiger partial charge in [-0.25, -0.2) is 4.99 Å². The maximum atomic E-state index is 8.59. The minimum atomic E-state index is 0.0591. The van der Waals surface area contributed by atoms with Gasteiger partial charge in [-0.1, -0.05) is 66.2 Å². The second-order valence-corrected chi connectivity index (χ2v) is 7.21. The largest absolute Gasteiger partial charge is 0.454 e. The summed E-state index contributed by atoms with van der Waals surface area (Å²) in [5.41, 5.74) is 8.91. The molecule has 0 bridgehead atoms. The lowest BCUT2D eigenvalue weighted by Gasteiger charge is -2.06. The Morgan fingerprint density at radius 2 is 1.66 bits per heavy atom. The minimum Gasteiger partial charge on any atom is -0.454 e. The molecule has 4 nitrogen and oxygen atoms in total. The first-order valence-electron chi connectivity index (χ1n) is 9.14. The van der Waals surface area contributed by atoms with Crippen molar-refractivity contribution in [1.82, 2.24) is 0 Å². The average molecular weight is 398 g/mol. The number of nitrogens with one attached hydrogen (secondary N) is 1. The quantitative estimate of drug-likeness (QED) is 0.278. The molecule has 0 aliphatic carbocycles. The number of aliphatic imine (C=N–C) groups is 1. The van der Waals surface area contributed by atoms with Gasteiger partial charge < -0.3 is 10.2 Å². The molecule has 0 radical (unpaired) electrons. The standard InChI is InChI=1S/C24H16ClN3O/c25-19-12-11-18(21-17-7-3-4-8-20(17)29-22(19)21)24(27)28-23(26)16-10-9-14-5-1-2-6-15(14)13-16/h1-13H,(H3,26,27,28). The van der Waals surface area contributed by atoms with Crippen molar-refractivity contribution in [3.05, 3.63) is 95.0 Å². The zero-order valence-corrected chi connectivity index (χ0v) is 16.1. The number of para-hydroxylation sites is 1. The summed E-state index contributed by atoms with van der Waals surface area (Å²) in [5.74, 6) is 0.348. The van der Waals surface area contributed by atoms with E-state index in [0.717, 1.165) is 32.7 Å². The van der Waals surface area contributed by atoms with Crippen LogP contribution in [0.5, 0.6) is 0 Å². The van der Waals surface area contributed by atoms with E-state index in [2.05, 4.69) is 4.99 Å². The zero-order chi connectivity index (χ0) is 20.0. The van der Waals surface area contributed by atoms with Crippen LogP contribution in [0.25, 0.3) is 32.7 Å². The molecular weight excluding hydrogens is 382 g/mol. The van der Waals surface area contributed by atoms with E-state index in [4.69, 9.17) is 27.2 Å². The number of hydrogen-bond acceptors (Lipinski definition) is 2. The number of amidine groups is 2. The predicted octanol–water partition coefficient (Wildman–Crippen LogP) is 6.12. The Labute approximate surface area is 171 Å². The second-order valence-electron chi connectivity index (χ2n) is 6.80. The van der Waals surface area contributed by atoms with Gasteiger partial charge in [-0.05, 0) is 35.0 Å². The third kappa shape index (κ3) is 2.94. The van der Waals surface area contributed by atoms with E-state index in [1.807, 2.05) is 66.7 Å². The van der Waals surface area contributed by atoms with E-state index in [0.29, 0.717) is 16.2 Å². The van der Waals surface area contributed by atoms with Crippen LogP contribution >= 0.6 is 11.6 Å². The Kier molecular flexibility index (Phi) is 4.07. The summed E-state index contributed by atoms with van der Waals surface area (Å²) < 4.78 is 5.90. The van der Waals surface area contributed by atoms with Gasteiger partial charge in [-0.2, -0.15) is 0 Å².